The van der Waals surface area contributed by atoms with E-state index in [4.69, 9.17) is 10.5 Å². The fraction of sp³-hybridized carbons (Fsp3) is 0.133. The van der Waals surface area contributed by atoms with Crippen LogP contribution >= 0.6 is 0 Å². The Morgan fingerprint density at radius 2 is 2.17 bits per heavy atom. The van der Waals surface area contributed by atoms with Crippen LogP contribution in [0.3, 0.4) is 0 Å². The molecule has 24 heavy (non-hydrogen) atoms. The summed E-state index contributed by atoms with van der Waals surface area (Å²) in [5.41, 5.74) is 6.34. The van der Waals surface area contributed by atoms with Gasteiger partial charge in [0.25, 0.3) is 11.8 Å². The first kappa shape index (κ1) is 15.4. The van der Waals surface area contributed by atoms with Crippen LogP contribution in [-0.4, -0.2) is 34.3 Å². The third-order valence-corrected chi connectivity index (χ3v) is 3.23. The highest BCUT2D eigenvalue weighted by Gasteiger charge is 2.17. The SMILES string of the molecule is NC(=O)c1cc(NC(=O)Cc2ccc3c(c2)NC(=O)CO3)ncn1.[HH].[HH].[HH]. The van der Waals surface area contributed by atoms with E-state index in [2.05, 4.69) is 20.6 Å². The van der Waals surface area contributed by atoms with Crippen molar-refractivity contribution >= 4 is 29.2 Å². The lowest BCUT2D eigenvalue weighted by Crippen LogP contribution is -2.25. The van der Waals surface area contributed by atoms with Crippen LogP contribution in [0.25, 0.3) is 0 Å². The largest absolute Gasteiger partial charge is 0.482 e. The second-order valence-electron chi connectivity index (χ2n) is 5.05. The quantitative estimate of drug-likeness (QED) is 0.758. The van der Waals surface area contributed by atoms with Gasteiger partial charge >= 0.3 is 0 Å². The highest BCUT2D eigenvalue weighted by molar-refractivity contribution is 5.96. The third-order valence-electron chi connectivity index (χ3n) is 3.23. The predicted molar refractivity (Wildman–Crippen MR) is 89.8 cm³/mol. The number of carbonyl (C=O) groups is 3. The fourth-order valence-corrected chi connectivity index (χ4v) is 2.17. The van der Waals surface area contributed by atoms with Gasteiger partial charge in [0, 0.05) is 10.3 Å². The topological polar surface area (TPSA) is 136 Å². The van der Waals surface area contributed by atoms with Crippen LogP contribution in [0.2, 0.25) is 0 Å². The number of nitrogens with two attached hydrogens (primary N) is 1. The van der Waals surface area contributed by atoms with Gasteiger partial charge in [-0.25, -0.2) is 9.97 Å². The molecule has 1 aromatic carbocycles. The van der Waals surface area contributed by atoms with E-state index in [9.17, 15) is 14.4 Å². The number of fused-ring (bicyclic) bond motifs is 1. The molecule has 0 saturated carbocycles. The maximum Gasteiger partial charge on any atom is 0.267 e. The van der Waals surface area contributed by atoms with Gasteiger partial charge in [-0.3, -0.25) is 14.4 Å². The van der Waals surface area contributed by atoms with E-state index in [1.54, 1.807) is 18.2 Å². The van der Waals surface area contributed by atoms with Crippen molar-refractivity contribution < 1.29 is 23.4 Å². The van der Waals surface area contributed by atoms with Crippen molar-refractivity contribution in [1.82, 2.24) is 9.97 Å². The molecule has 128 valence electrons. The van der Waals surface area contributed by atoms with Crippen LogP contribution in [0.4, 0.5) is 11.5 Å². The molecule has 3 rings (SSSR count). The Labute approximate surface area is 140 Å². The summed E-state index contributed by atoms with van der Waals surface area (Å²) in [7, 11) is 0. The monoisotopic (exact) mass is 333 g/mol. The summed E-state index contributed by atoms with van der Waals surface area (Å²) in [6.45, 7) is -0.0251. The Kier molecular flexibility index (Phi) is 4.06. The van der Waals surface area contributed by atoms with Gasteiger partial charge in [-0.2, -0.15) is 0 Å². The van der Waals surface area contributed by atoms with Gasteiger partial charge in [-0.1, -0.05) is 6.07 Å². The van der Waals surface area contributed by atoms with Crippen LogP contribution in [0.15, 0.2) is 30.6 Å². The summed E-state index contributed by atoms with van der Waals surface area (Å²) in [4.78, 5) is 42.0. The van der Waals surface area contributed by atoms with Gasteiger partial charge in [-0.15, -0.1) is 0 Å². The second kappa shape index (κ2) is 6.32. The number of hydrogen-bond acceptors (Lipinski definition) is 6. The first-order valence-corrected chi connectivity index (χ1v) is 6.98. The predicted octanol–water partition coefficient (Wildman–Crippen LogP) is 0.826. The molecule has 0 saturated heterocycles. The molecule has 4 N–H and O–H groups in total. The summed E-state index contributed by atoms with van der Waals surface area (Å²) in [6.07, 6.45) is 1.19. The average Bonchev–Trinajstić information content (AvgIpc) is 2.54. The number of nitrogens with one attached hydrogen (secondary N) is 2. The molecule has 0 spiro atoms. The molecular weight excluding hydrogens is 314 g/mol. The summed E-state index contributed by atoms with van der Waals surface area (Å²) >= 11 is 0. The maximum atomic E-state index is 12.1. The number of primary amides is 1. The number of ether oxygens (including phenoxy) is 1. The zero-order valence-corrected chi connectivity index (χ0v) is 12.4. The molecule has 1 aliphatic rings. The lowest BCUT2D eigenvalue weighted by atomic mass is 10.1. The highest BCUT2D eigenvalue weighted by atomic mass is 16.5. The fourth-order valence-electron chi connectivity index (χ4n) is 2.17. The van der Waals surface area contributed by atoms with E-state index >= 15 is 0 Å². The van der Waals surface area contributed by atoms with Crippen LogP contribution in [0.5, 0.6) is 5.75 Å². The van der Waals surface area contributed by atoms with E-state index in [-0.39, 0.29) is 40.6 Å². The molecule has 1 aromatic heterocycles. The Bertz CT molecular complexity index is 850. The number of benzene rings is 1. The number of rotatable bonds is 4. The molecule has 2 heterocycles. The zero-order valence-electron chi connectivity index (χ0n) is 12.4. The van der Waals surface area contributed by atoms with E-state index < -0.39 is 5.91 Å². The minimum atomic E-state index is -0.710. The number of hydrogen-bond donors (Lipinski definition) is 3. The zero-order chi connectivity index (χ0) is 17.1. The van der Waals surface area contributed by atoms with Gasteiger partial charge in [0.1, 0.15) is 23.6 Å². The van der Waals surface area contributed by atoms with Crippen molar-refractivity contribution in [2.75, 3.05) is 17.2 Å². The summed E-state index contributed by atoms with van der Waals surface area (Å²) < 4.78 is 5.25. The summed E-state index contributed by atoms with van der Waals surface area (Å²) in [5, 5.41) is 5.23. The van der Waals surface area contributed by atoms with Crippen molar-refractivity contribution in [1.29, 1.82) is 0 Å². The van der Waals surface area contributed by atoms with Crippen molar-refractivity contribution in [2.45, 2.75) is 6.42 Å². The summed E-state index contributed by atoms with van der Waals surface area (Å²) in [5.74, 6) is -0.562. The Morgan fingerprint density at radius 3 is 2.96 bits per heavy atom. The maximum absolute atomic E-state index is 12.1. The minimum absolute atomic E-state index is 0. The number of carbonyl (C=O) groups excluding carboxylic acids is 3. The first-order chi connectivity index (χ1) is 11.5. The number of aromatic nitrogens is 2. The van der Waals surface area contributed by atoms with Crippen molar-refractivity contribution in [2.24, 2.45) is 5.73 Å². The normalized spacial score (nSPS) is 12.6. The molecule has 0 unspecified atom stereocenters. The van der Waals surface area contributed by atoms with Gasteiger partial charge in [0.15, 0.2) is 6.61 Å². The molecule has 2 aromatic rings. The summed E-state index contributed by atoms with van der Waals surface area (Å²) in [6, 6.07) is 6.37. The third kappa shape index (κ3) is 3.46. The molecule has 1 aliphatic heterocycles. The molecule has 3 amide bonds. The van der Waals surface area contributed by atoms with Crippen molar-refractivity contribution in [3.8, 4) is 5.75 Å². The molecule has 9 heteroatoms. The van der Waals surface area contributed by atoms with Crippen LogP contribution < -0.4 is 21.1 Å². The van der Waals surface area contributed by atoms with Crippen molar-refractivity contribution in [3.05, 3.63) is 41.9 Å². The van der Waals surface area contributed by atoms with E-state index in [1.165, 1.54) is 6.07 Å². The molecule has 0 bridgehead atoms. The van der Waals surface area contributed by atoms with Crippen LogP contribution in [-0.2, 0) is 16.0 Å². The van der Waals surface area contributed by atoms with Gasteiger partial charge < -0.3 is 21.1 Å². The molecule has 0 fully saturated rings. The lowest BCUT2D eigenvalue weighted by molar-refractivity contribution is -0.118. The number of amides is 3. The number of anilines is 2. The van der Waals surface area contributed by atoms with Crippen molar-refractivity contribution in [3.63, 3.8) is 0 Å². The van der Waals surface area contributed by atoms with E-state index in [0.717, 1.165) is 6.33 Å². The number of nitrogens with zero attached hydrogens (tertiary/aromatic N) is 2. The Balaban J connectivity index is 0.00000225. The second-order valence-corrected chi connectivity index (χ2v) is 5.05. The van der Waals surface area contributed by atoms with Crippen LogP contribution in [0.1, 0.15) is 20.3 Å². The molecule has 9 nitrogen and oxygen atoms in total. The highest BCUT2D eigenvalue weighted by Crippen LogP contribution is 2.28. The molecular formula is C15H19N5O4. The van der Waals surface area contributed by atoms with Gasteiger partial charge in [0.05, 0.1) is 12.1 Å². The first-order valence-electron chi connectivity index (χ1n) is 6.98. The van der Waals surface area contributed by atoms with Gasteiger partial charge in [-0.05, 0) is 17.7 Å². The van der Waals surface area contributed by atoms with Crippen LogP contribution in [0, 0.1) is 0 Å². The average molecular weight is 333 g/mol. The standard InChI is InChI=1S/C15H13N5O4.3H2/c16-15(23)10-5-12(18-7-17-10)20-13(21)4-8-1-2-11-9(3-8)19-14(22)6-24-11;;;/h1-3,5,7H,4,6H2,(H2,16,23)(H,19,22)(H,17,18,20,21);3*1H. The minimum Gasteiger partial charge on any atom is -0.482 e. The Morgan fingerprint density at radius 1 is 1.33 bits per heavy atom. The molecule has 0 aliphatic carbocycles. The molecule has 0 radical (unpaired) electrons. The molecule has 0 atom stereocenters. The lowest BCUT2D eigenvalue weighted by Gasteiger charge is -2.18. The van der Waals surface area contributed by atoms with E-state index in [0.29, 0.717) is 17.0 Å². The smallest absolute Gasteiger partial charge is 0.267 e. The Hall–Kier alpha value is -3.49. The van der Waals surface area contributed by atoms with Gasteiger partial charge in [0.2, 0.25) is 5.91 Å². The van der Waals surface area contributed by atoms with E-state index in [1.807, 2.05) is 0 Å².